The van der Waals surface area contributed by atoms with Gasteiger partial charge < -0.3 is 15.2 Å². The van der Waals surface area contributed by atoms with Gasteiger partial charge in [-0.05, 0) is 27.8 Å². The van der Waals surface area contributed by atoms with Gasteiger partial charge in [-0.15, -0.1) is 0 Å². The highest BCUT2D eigenvalue weighted by molar-refractivity contribution is 5.79. The fourth-order valence-corrected chi connectivity index (χ4v) is 3.62. The molecule has 1 aliphatic carbocycles. The highest BCUT2D eigenvalue weighted by Gasteiger charge is 2.29. The zero-order valence-electron chi connectivity index (χ0n) is 14.8. The highest BCUT2D eigenvalue weighted by Crippen LogP contribution is 2.44. The predicted octanol–water partition coefficient (Wildman–Crippen LogP) is 4.26. The van der Waals surface area contributed by atoms with E-state index in [2.05, 4.69) is 29.6 Å². The second-order valence-electron chi connectivity index (χ2n) is 6.63. The van der Waals surface area contributed by atoms with Gasteiger partial charge in [0.1, 0.15) is 6.61 Å². The smallest absolute Gasteiger partial charge is 0.407 e. The Morgan fingerprint density at radius 3 is 2.07 bits per heavy atom. The Kier molecular flexibility index (Phi) is 4.90. The van der Waals surface area contributed by atoms with E-state index in [1.165, 1.54) is 22.3 Å². The van der Waals surface area contributed by atoms with Crippen LogP contribution < -0.4 is 5.32 Å². The third kappa shape index (κ3) is 3.57. The van der Waals surface area contributed by atoms with E-state index in [0.717, 1.165) is 5.56 Å². The Morgan fingerprint density at radius 1 is 0.889 bits per heavy atom. The molecule has 4 nitrogen and oxygen atoms in total. The lowest BCUT2D eigenvalue weighted by atomic mass is 9.98. The van der Waals surface area contributed by atoms with Crippen LogP contribution in [0.4, 0.5) is 4.79 Å². The van der Waals surface area contributed by atoms with Crippen molar-refractivity contribution >= 4 is 6.09 Å². The molecule has 1 amide bonds. The van der Waals surface area contributed by atoms with Crippen LogP contribution in [0.25, 0.3) is 11.1 Å². The molecule has 2 N–H and O–H groups in total. The molecule has 0 aliphatic heterocycles. The third-order valence-electron chi connectivity index (χ3n) is 4.97. The normalized spacial score (nSPS) is 13.5. The van der Waals surface area contributed by atoms with E-state index in [0.29, 0.717) is 0 Å². The van der Waals surface area contributed by atoms with Gasteiger partial charge in [0, 0.05) is 5.92 Å². The number of hydrogen-bond donors (Lipinski definition) is 2. The maximum Gasteiger partial charge on any atom is 0.407 e. The topological polar surface area (TPSA) is 58.6 Å². The van der Waals surface area contributed by atoms with Crippen molar-refractivity contribution in [2.24, 2.45) is 0 Å². The summed E-state index contributed by atoms with van der Waals surface area (Å²) in [5.41, 5.74) is 5.51. The summed E-state index contributed by atoms with van der Waals surface area (Å²) in [5.74, 6) is 0.0298. The van der Waals surface area contributed by atoms with Gasteiger partial charge in [0.15, 0.2) is 0 Å². The maximum absolute atomic E-state index is 12.1. The molecule has 0 heterocycles. The molecule has 136 valence electrons. The minimum Gasteiger partial charge on any atom is -0.449 e. The number of carbonyl (C=O) groups is 1. The lowest BCUT2D eigenvalue weighted by Gasteiger charge is -2.16. The largest absolute Gasteiger partial charge is 0.449 e. The van der Waals surface area contributed by atoms with Crippen LogP contribution in [-0.4, -0.2) is 24.4 Å². The van der Waals surface area contributed by atoms with Crippen LogP contribution in [0.15, 0.2) is 78.9 Å². The highest BCUT2D eigenvalue weighted by atomic mass is 16.5. The Bertz CT molecular complexity index is 894. The fourth-order valence-electron chi connectivity index (χ4n) is 3.62. The molecule has 4 rings (SSSR count). The van der Waals surface area contributed by atoms with Crippen LogP contribution in [0.2, 0.25) is 0 Å². The lowest BCUT2D eigenvalue weighted by molar-refractivity contribution is 0.128. The van der Waals surface area contributed by atoms with Crippen LogP contribution in [0.1, 0.15) is 28.7 Å². The number of ether oxygens (including phenoxy) is 1. The van der Waals surface area contributed by atoms with Crippen molar-refractivity contribution in [1.29, 1.82) is 0 Å². The van der Waals surface area contributed by atoms with Gasteiger partial charge in [0.25, 0.3) is 0 Å². The van der Waals surface area contributed by atoms with Crippen molar-refractivity contribution in [2.45, 2.75) is 12.0 Å². The number of rotatable bonds is 5. The van der Waals surface area contributed by atoms with E-state index in [9.17, 15) is 9.90 Å². The minimum absolute atomic E-state index is 0.0298. The van der Waals surface area contributed by atoms with Gasteiger partial charge in [-0.3, -0.25) is 0 Å². The monoisotopic (exact) mass is 359 g/mol. The van der Waals surface area contributed by atoms with Crippen molar-refractivity contribution < 1.29 is 14.6 Å². The Hall–Kier alpha value is -3.11. The van der Waals surface area contributed by atoms with Gasteiger partial charge in [-0.1, -0.05) is 78.9 Å². The van der Waals surface area contributed by atoms with E-state index < -0.39 is 12.2 Å². The second kappa shape index (κ2) is 7.64. The molecule has 0 saturated carbocycles. The minimum atomic E-state index is -0.758. The van der Waals surface area contributed by atoms with Crippen molar-refractivity contribution in [2.75, 3.05) is 13.2 Å². The number of amides is 1. The average Bonchev–Trinajstić information content (AvgIpc) is 3.05. The zero-order chi connectivity index (χ0) is 18.6. The molecular weight excluding hydrogens is 338 g/mol. The van der Waals surface area contributed by atoms with Gasteiger partial charge >= 0.3 is 6.09 Å². The summed E-state index contributed by atoms with van der Waals surface area (Å²) < 4.78 is 5.46. The van der Waals surface area contributed by atoms with Crippen molar-refractivity contribution in [1.82, 2.24) is 5.32 Å². The first-order valence-electron chi connectivity index (χ1n) is 9.06. The number of hydrogen-bond acceptors (Lipinski definition) is 3. The summed E-state index contributed by atoms with van der Waals surface area (Å²) in [4.78, 5) is 12.1. The number of nitrogens with one attached hydrogen (secondary N) is 1. The van der Waals surface area contributed by atoms with Gasteiger partial charge in [0.2, 0.25) is 0 Å². The van der Waals surface area contributed by atoms with Crippen LogP contribution in [-0.2, 0) is 4.74 Å². The lowest BCUT2D eigenvalue weighted by Crippen LogP contribution is -2.30. The SMILES string of the molecule is O=C(NCC(O)c1ccccc1)OCC1c2ccccc2-c2ccccc21. The first-order valence-corrected chi connectivity index (χ1v) is 9.06. The predicted molar refractivity (Wildman–Crippen MR) is 104 cm³/mol. The zero-order valence-corrected chi connectivity index (χ0v) is 14.8. The van der Waals surface area contributed by atoms with Gasteiger partial charge in [0.05, 0.1) is 12.6 Å². The molecule has 0 aromatic heterocycles. The van der Waals surface area contributed by atoms with E-state index in [1.807, 2.05) is 54.6 Å². The molecule has 0 spiro atoms. The Morgan fingerprint density at radius 2 is 1.44 bits per heavy atom. The molecule has 3 aromatic rings. The summed E-state index contributed by atoms with van der Waals surface area (Å²) in [6, 6.07) is 25.7. The van der Waals surface area contributed by atoms with Crippen molar-refractivity contribution in [3.63, 3.8) is 0 Å². The maximum atomic E-state index is 12.1. The van der Waals surface area contributed by atoms with E-state index in [1.54, 1.807) is 0 Å². The van der Waals surface area contributed by atoms with E-state index in [4.69, 9.17) is 4.74 Å². The van der Waals surface area contributed by atoms with Gasteiger partial charge in [-0.2, -0.15) is 0 Å². The average molecular weight is 359 g/mol. The molecule has 0 fully saturated rings. The number of alkyl carbamates (subject to hydrolysis) is 1. The number of fused-ring (bicyclic) bond motifs is 3. The molecule has 1 unspecified atom stereocenters. The Balaban J connectivity index is 1.38. The standard InChI is InChI=1S/C23H21NO3/c25-22(16-8-2-1-3-9-16)14-24-23(26)27-15-21-19-12-6-4-10-17(19)18-11-5-7-13-20(18)21/h1-13,21-22,25H,14-15H2,(H,24,26). The number of aliphatic hydroxyl groups excluding tert-OH is 1. The van der Waals surface area contributed by atoms with Crippen LogP contribution >= 0.6 is 0 Å². The molecule has 0 radical (unpaired) electrons. The number of benzene rings is 3. The fraction of sp³-hybridized carbons (Fsp3) is 0.174. The summed E-state index contributed by atoms with van der Waals surface area (Å²) in [5, 5.41) is 12.8. The molecule has 1 atom stereocenters. The quantitative estimate of drug-likeness (QED) is 0.716. The summed E-state index contributed by atoms with van der Waals surface area (Å²) in [6.45, 7) is 0.377. The molecule has 0 saturated heterocycles. The van der Waals surface area contributed by atoms with Crippen LogP contribution in [0.3, 0.4) is 0 Å². The summed E-state index contributed by atoms with van der Waals surface area (Å²) >= 11 is 0. The Labute approximate surface area is 158 Å². The van der Waals surface area contributed by atoms with Crippen LogP contribution in [0.5, 0.6) is 0 Å². The van der Waals surface area contributed by atoms with Crippen LogP contribution in [0, 0.1) is 0 Å². The summed E-state index contributed by atoms with van der Waals surface area (Å²) in [6.07, 6.45) is -1.28. The second-order valence-corrected chi connectivity index (χ2v) is 6.63. The first kappa shape index (κ1) is 17.3. The molecule has 4 heteroatoms. The van der Waals surface area contributed by atoms with E-state index in [-0.39, 0.29) is 19.1 Å². The molecule has 3 aromatic carbocycles. The first-order chi connectivity index (χ1) is 13.2. The molecule has 1 aliphatic rings. The molecule has 27 heavy (non-hydrogen) atoms. The summed E-state index contributed by atoms with van der Waals surface area (Å²) in [7, 11) is 0. The van der Waals surface area contributed by atoms with Gasteiger partial charge in [-0.25, -0.2) is 4.79 Å². The third-order valence-corrected chi connectivity index (χ3v) is 4.97. The molecular formula is C23H21NO3. The molecule has 0 bridgehead atoms. The van der Waals surface area contributed by atoms with E-state index >= 15 is 0 Å². The number of carbonyl (C=O) groups excluding carboxylic acids is 1. The van der Waals surface area contributed by atoms with Crippen molar-refractivity contribution in [3.8, 4) is 11.1 Å². The number of aliphatic hydroxyl groups is 1. The van der Waals surface area contributed by atoms with Crippen molar-refractivity contribution in [3.05, 3.63) is 95.6 Å².